The number of methoxy groups -OCH3 is 1. The number of nitrogens with zero attached hydrogens (tertiary/aromatic N) is 1. The van der Waals surface area contributed by atoms with E-state index in [0.717, 1.165) is 11.1 Å². The highest BCUT2D eigenvalue weighted by Gasteiger charge is 2.22. The third-order valence-electron chi connectivity index (χ3n) is 3.40. The van der Waals surface area contributed by atoms with Crippen molar-refractivity contribution in [2.75, 3.05) is 34.4 Å². The summed E-state index contributed by atoms with van der Waals surface area (Å²) in [5, 5.41) is 9.98. The number of aliphatic hydroxyl groups excluding tert-OH is 1. The Hall–Kier alpha value is -1.59. The Labute approximate surface area is 132 Å². The lowest BCUT2D eigenvalue weighted by Crippen LogP contribution is -2.31. The largest absolute Gasteiger partial charge is 0.490 e. The molecule has 0 aliphatic carbocycles. The molecular weight excluding hydrogens is 282 g/mol. The van der Waals surface area contributed by atoms with Gasteiger partial charge in [0.05, 0.1) is 7.11 Å². The fraction of sp³-hybridized carbons (Fsp3) is 0.588. The Morgan fingerprint density at radius 3 is 2.45 bits per heavy atom. The number of ether oxygens (including phenoxy) is 2. The molecule has 5 heteroatoms. The summed E-state index contributed by atoms with van der Waals surface area (Å²) in [6.07, 6.45) is -0.624. The average molecular weight is 309 g/mol. The first-order chi connectivity index (χ1) is 10.3. The number of likely N-dealkylation sites (N-methyl/N-ethyl adjacent to an activating group) is 1. The van der Waals surface area contributed by atoms with E-state index in [2.05, 4.69) is 0 Å². The highest BCUT2D eigenvalue weighted by Crippen LogP contribution is 2.33. The molecule has 0 radical (unpaired) electrons. The first-order valence-electron chi connectivity index (χ1n) is 7.45. The summed E-state index contributed by atoms with van der Waals surface area (Å²) >= 11 is 0. The van der Waals surface area contributed by atoms with E-state index in [1.54, 1.807) is 0 Å². The van der Waals surface area contributed by atoms with Gasteiger partial charge in [0.2, 0.25) is 0 Å². The van der Waals surface area contributed by atoms with Crippen molar-refractivity contribution in [2.24, 2.45) is 0 Å². The molecule has 1 atom stereocenters. The van der Waals surface area contributed by atoms with E-state index in [1.165, 1.54) is 7.11 Å². The van der Waals surface area contributed by atoms with Crippen LogP contribution in [0.4, 0.5) is 0 Å². The van der Waals surface area contributed by atoms with Crippen LogP contribution in [0.25, 0.3) is 0 Å². The quantitative estimate of drug-likeness (QED) is 0.783. The number of aryl methyl sites for hydroxylation is 1. The fourth-order valence-electron chi connectivity index (χ4n) is 2.32. The van der Waals surface area contributed by atoms with E-state index < -0.39 is 12.1 Å². The molecule has 124 valence electrons. The molecule has 1 aromatic rings. The molecule has 0 aromatic heterocycles. The van der Waals surface area contributed by atoms with Crippen molar-refractivity contribution < 1.29 is 19.4 Å². The van der Waals surface area contributed by atoms with Crippen LogP contribution >= 0.6 is 0 Å². The van der Waals surface area contributed by atoms with Crippen LogP contribution in [-0.2, 0) is 4.74 Å². The second-order valence-corrected chi connectivity index (χ2v) is 6.05. The van der Waals surface area contributed by atoms with Crippen molar-refractivity contribution in [2.45, 2.75) is 32.8 Å². The van der Waals surface area contributed by atoms with Gasteiger partial charge in [-0.3, -0.25) is 0 Å². The second kappa shape index (κ2) is 8.15. The minimum absolute atomic E-state index is 0.130. The van der Waals surface area contributed by atoms with E-state index in [0.29, 0.717) is 17.9 Å². The van der Waals surface area contributed by atoms with Gasteiger partial charge in [0.1, 0.15) is 24.0 Å². The molecule has 1 N–H and O–H groups in total. The molecular formula is C17H27NO4. The molecule has 0 amide bonds. The first-order valence-corrected chi connectivity index (χ1v) is 7.45. The smallest absolute Gasteiger partial charge is 0.341 e. The van der Waals surface area contributed by atoms with Crippen molar-refractivity contribution in [1.82, 2.24) is 4.90 Å². The van der Waals surface area contributed by atoms with E-state index in [9.17, 15) is 9.90 Å². The zero-order valence-electron chi connectivity index (χ0n) is 14.3. The van der Waals surface area contributed by atoms with E-state index >= 15 is 0 Å². The third kappa shape index (κ3) is 4.71. The molecule has 5 nitrogen and oxygen atoms in total. The maximum absolute atomic E-state index is 12.1. The normalized spacial score (nSPS) is 12.6. The van der Waals surface area contributed by atoms with Crippen LogP contribution in [0.5, 0.6) is 5.75 Å². The maximum Gasteiger partial charge on any atom is 0.341 e. The Kier molecular flexibility index (Phi) is 6.84. The number of carbonyl (C=O) groups is 1. The minimum Gasteiger partial charge on any atom is -0.490 e. The van der Waals surface area contributed by atoms with Crippen LogP contribution in [0.3, 0.4) is 0 Å². The Balaban J connectivity index is 3.12. The Bertz CT molecular complexity index is 512. The zero-order chi connectivity index (χ0) is 16.9. The molecule has 0 fully saturated rings. The molecule has 0 bridgehead atoms. The van der Waals surface area contributed by atoms with Crippen LogP contribution in [0, 0.1) is 6.92 Å². The van der Waals surface area contributed by atoms with E-state index in [-0.39, 0.29) is 12.5 Å². The fourth-order valence-corrected chi connectivity index (χ4v) is 2.32. The van der Waals surface area contributed by atoms with Gasteiger partial charge < -0.3 is 19.5 Å². The summed E-state index contributed by atoms with van der Waals surface area (Å²) in [7, 11) is 5.12. The van der Waals surface area contributed by atoms with Gasteiger partial charge >= 0.3 is 5.97 Å². The number of hydrogen-bond acceptors (Lipinski definition) is 5. The number of benzene rings is 1. The third-order valence-corrected chi connectivity index (χ3v) is 3.40. The van der Waals surface area contributed by atoms with Crippen molar-refractivity contribution in [3.05, 3.63) is 28.8 Å². The number of aliphatic hydroxyl groups is 1. The van der Waals surface area contributed by atoms with Crippen LogP contribution in [0.1, 0.15) is 41.3 Å². The molecule has 22 heavy (non-hydrogen) atoms. The molecule has 0 spiro atoms. The summed E-state index contributed by atoms with van der Waals surface area (Å²) in [6, 6.07) is 3.85. The molecule has 0 heterocycles. The predicted molar refractivity (Wildman–Crippen MR) is 86.7 cm³/mol. The van der Waals surface area contributed by atoms with Gasteiger partial charge in [-0.25, -0.2) is 4.79 Å². The summed E-state index contributed by atoms with van der Waals surface area (Å²) in [4.78, 5) is 14.0. The second-order valence-electron chi connectivity index (χ2n) is 6.05. The average Bonchev–Trinajstić information content (AvgIpc) is 2.43. The van der Waals surface area contributed by atoms with E-state index in [1.807, 2.05) is 51.9 Å². The number of rotatable bonds is 7. The van der Waals surface area contributed by atoms with E-state index in [4.69, 9.17) is 9.47 Å². The first kappa shape index (κ1) is 18.5. The summed E-state index contributed by atoms with van der Waals surface area (Å²) in [5.74, 6) is 0.293. The van der Waals surface area contributed by atoms with Gasteiger partial charge in [0.25, 0.3) is 0 Å². The number of carbonyl (C=O) groups excluding carboxylic acids is 1. The minimum atomic E-state index is -0.624. The van der Waals surface area contributed by atoms with Gasteiger partial charge in [0.15, 0.2) is 0 Å². The van der Waals surface area contributed by atoms with Crippen LogP contribution < -0.4 is 4.74 Å². The van der Waals surface area contributed by atoms with Gasteiger partial charge in [-0.15, -0.1) is 0 Å². The summed E-state index contributed by atoms with van der Waals surface area (Å²) < 4.78 is 10.7. The van der Waals surface area contributed by atoms with Crippen molar-refractivity contribution in [3.63, 3.8) is 0 Å². The number of esters is 1. The number of hydrogen-bond donors (Lipinski definition) is 1. The van der Waals surface area contributed by atoms with Crippen molar-refractivity contribution >= 4 is 5.97 Å². The van der Waals surface area contributed by atoms with Crippen LogP contribution in [0.15, 0.2) is 12.1 Å². The molecule has 1 aromatic carbocycles. The summed E-state index contributed by atoms with van der Waals surface area (Å²) in [5.41, 5.74) is 2.17. The molecule has 0 aliphatic heterocycles. The summed E-state index contributed by atoms with van der Waals surface area (Å²) in [6.45, 7) is 6.55. The standard InChI is InChI=1S/C17H27NO4/c1-11(2)14-8-7-12(3)15(17(20)21-6)16(14)22-10-13(19)9-18(4)5/h7-8,11,13,19H,9-10H2,1-6H3. The monoisotopic (exact) mass is 309 g/mol. The molecule has 0 saturated heterocycles. The Morgan fingerprint density at radius 2 is 1.95 bits per heavy atom. The van der Waals surface area contributed by atoms with Crippen molar-refractivity contribution in [1.29, 1.82) is 0 Å². The SMILES string of the molecule is COC(=O)c1c(C)ccc(C(C)C)c1OCC(O)CN(C)C. The molecule has 1 rings (SSSR count). The molecule has 0 saturated carbocycles. The van der Waals surface area contributed by atoms with Gasteiger partial charge in [-0.1, -0.05) is 26.0 Å². The predicted octanol–water partition coefficient (Wildman–Crippen LogP) is 2.21. The van der Waals surface area contributed by atoms with Crippen LogP contribution in [-0.4, -0.2) is 56.4 Å². The topological polar surface area (TPSA) is 59.0 Å². The highest BCUT2D eigenvalue weighted by atomic mass is 16.5. The van der Waals surface area contributed by atoms with Gasteiger partial charge in [-0.05, 0) is 38.1 Å². The van der Waals surface area contributed by atoms with Crippen LogP contribution in [0.2, 0.25) is 0 Å². The lowest BCUT2D eigenvalue weighted by atomic mass is 9.96. The lowest BCUT2D eigenvalue weighted by Gasteiger charge is -2.21. The van der Waals surface area contributed by atoms with Crippen molar-refractivity contribution in [3.8, 4) is 5.75 Å². The highest BCUT2D eigenvalue weighted by molar-refractivity contribution is 5.94. The molecule has 1 unspecified atom stereocenters. The maximum atomic E-state index is 12.1. The zero-order valence-corrected chi connectivity index (χ0v) is 14.3. The Morgan fingerprint density at radius 1 is 1.32 bits per heavy atom. The lowest BCUT2D eigenvalue weighted by molar-refractivity contribution is 0.0580. The van der Waals surface area contributed by atoms with Gasteiger partial charge in [0, 0.05) is 6.54 Å². The van der Waals surface area contributed by atoms with Gasteiger partial charge in [-0.2, -0.15) is 0 Å². The molecule has 0 aliphatic rings.